The van der Waals surface area contributed by atoms with Crippen LogP contribution in [-0.2, 0) is 17.9 Å². The summed E-state index contributed by atoms with van der Waals surface area (Å²) in [6.45, 7) is 0.839. The zero-order chi connectivity index (χ0) is 23.5. The predicted molar refractivity (Wildman–Crippen MR) is 133 cm³/mol. The first-order chi connectivity index (χ1) is 16.6. The molecule has 0 atom stereocenters. The summed E-state index contributed by atoms with van der Waals surface area (Å²) in [5, 5.41) is 3.89. The van der Waals surface area contributed by atoms with Crippen LogP contribution in [0, 0.1) is 5.82 Å². The summed E-state index contributed by atoms with van der Waals surface area (Å²) in [4.78, 5) is 31.7. The number of carbonyl (C=O) groups excluding carboxylic acids is 2. The van der Waals surface area contributed by atoms with Gasteiger partial charge in [0.05, 0.1) is 6.54 Å². The third kappa shape index (κ3) is 5.02. The molecule has 2 amide bonds. The maximum absolute atomic E-state index is 13.6. The standard InChI is InChI=1S/C28H25FN2O2S/c29-22-12-10-20(11-13-22)17-30(18-24-7-4-16-34-24)27(32)19-31(23-14-15-23)28(33)26-9-3-6-21-5-1-2-8-25(21)26/h1-13,16,23H,14-15,17-19H2. The Morgan fingerprint density at radius 3 is 2.38 bits per heavy atom. The molecule has 0 saturated heterocycles. The van der Waals surface area contributed by atoms with Crippen molar-refractivity contribution in [3.8, 4) is 0 Å². The van der Waals surface area contributed by atoms with Crippen molar-refractivity contribution in [1.29, 1.82) is 0 Å². The molecule has 1 heterocycles. The second kappa shape index (κ2) is 9.77. The van der Waals surface area contributed by atoms with Crippen molar-refractivity contribution < 1.29 is 14.0 Å². The van der Waals surface area contributed by atoms with Crippen molar-refractivity contribution in [1.82, 2.24) is 9.80 Å². The molecule has 3 aromatic carbocycles. The Bertz CT molecular complexity index is 1290. The monoisotopic (exact) mass is 472 g/mol. The summed E-state index contributed by atoms with van der Waals surface area (Å²) < 4.78 is 13.4. The minimum atomic E-state index is -0.305. The first kappa shape index (κ1) is 22.3. The molecule has 1 fully saturated rings. The highest BCUT2D eigenvalue weighted by molar-refractivity contribution is 7.09. The van der Waals surface area contributed by atoms with Crippen LogP contribution in [0.3, 0.4) is 0 Å². The van der Waals surface area contributed by atoms with Crippen LogP contribution in [0.25, 0.3) is 10.8 Å². The van der Waals surface area contributed by atoms with E-state index >= 15 is 0 Å². The van der Waals surface area contributed by atoms with Crippen molar-refractivity contribution in [3.63, 3.8) is 0 Å². The van der Waals surface area contributed by atoms with E-state index in [0.717, 1.165) is 34.1 Å². The molecule has 6 heteroatoms. The molecule has 0 N–H and O–H groups in total. The summed E-state index contributed by atoms with van der Waals surface area (Å²) in [5.74, 6) is -0.524. The molecule has 34 heavy (non-hydrogen) atoms. The van der Waals surface area contributed by atoms with Gasteiger partial charge in [0.1, 0.15) is 12.4 Å². The van der Waals surface area contributed by atoms with Gasteiger partial charge in [0, 0.05) is 23.0 Å². The summed E-state index contributed by atoms with van der Waals surface area (Å²) >= 11 is 1.59. The molecule has 4 aromatic rings. The van der Waals surface area contributed by atoms with Gasteiger partial charge in [-0.2, -0.15) is 0 Å². The van der Waals surface area contributed by atoms with Gasteiger partial charge in [-0.1, -0.05) is 54.6 Å². The SMILES string of the molecule is O=C(CN(C(=O)c1cccc2ccccc12)C1CC1)N(Cc1ccc(F)cc1)Cc1cccs1. The molecule has 0 aliphatic heterocycles. The Morgan fingerprint density at radius 2 is 1.65 bits per heavy atom. The van der Waals surface area contributed by atoms with Gasteiger partial charge < -0.3 is 9.80 Å². The Hall–Kier alpha value is -3.51. The van der Waals surface area contributed by atoms with E-state index in [1.54, 1.807) is 33.3 Å². The van der Waals surface area contributed by atoms with Crippen molar-refractivity contribution in [3.05, 3.63) is 106 Å². The second-order valence-electron chi connectivity index (χ2n) is 8.65. The second-order valence-corrected chi connectivity index (χ2v) is 9.68. The first-order valence-corrected chi connectivity index (χ1v) is 12.3. The number of benzene rings is 3. The molecule has 0 spiro atoms. The Labute approximate surface area is 202 Å². The van der Waals surface area contributed by atoms with Gasteiger partial charge in [-0.05, 0) is 58.8 Å². The zero-order valence-electron chi connectivity index (χ0n) is 18.7. The minimum absolute atomic E-state index is 0.0271. The van der Waals surface area contributed by atoms with Crippen molar-refractivity contribution in [2.45, 2.75) is 32.0 Å². The van der Waals surface area contributed by atoms with E-state index in [2.05, 4.69) is 0 Å². The van der Waals surface area contributed by atoms with Crippen LogP contribution in [0.15, 0.2) is 84.2 Å². The van der Waals surface area contributed by atoms with E-state index < -0.39 is 0 Å². The fourth-order valence-electron chi connectivity index (χ4n) is 4.20. The number of nitrogens with zero attached hydrogens (tertiary/aromatic N) is 2. The number of amides is 2. The molecule has 1 aliphatic rings. The lowest BCUT2D eigenvalue weighted by molar-refractivity contribution is -0.133. The molecule has 0 bridgehead atoms. The topological polar surface area (TPSA) is 40.6 Å². The van der Waals surface area contributed by atoms with E-state index in [1.165, 1.54) is 12.1 Å². The molecule has 0 radical (unpaired) electrons. The quantitative estimate of drug-likeness (QED) is 0.322. The lowest BCUT2D eigenvalue weighted by atomic mass is 10.0. The highest BCUT2D eigenvalue weighted by Gasteiger charge is 2.35. The largest absolute Gasteiger partial charge is 0.332 e. The Balaban J connectivity index is 1.39. The van der Waals surface area contributed by atoms with Crippen molar-refractivity contribution >= 4 is 33.9 Å². The normalized spacial score (nSPS) is 13.1. The van der Waals surface area contributed by atoms with Crippen molar-refractivity contribution in [2.24, 2.45) is 0 Å². The number of thiophene rings is 1. The Kier molecular flexibility index (Phi) is 6.41. The van der Waals surface area contributed by atoms with Crippen LogP contribution in [0.4, 0.5) is 4.39 Å². The third-order valence-corrected chi connectivity index (χ3v) is 7.00. The van der Waals surface area contributed by atoms with Crippen LogP contribution in [0.1, 0.15) is 33.6 Å². The molecule has 0 unspecified atom stereocenters. The van der Waals surface area contributed by atoms with Gasteiger partial charge in [0.15, 0.2) is 0 Å². The summed E-state index contributed by atoms with van der Waals surface area (Å²) in [5.41, 5.74) is 1.48. The van der Waals surface area contributed by atoms with Gasteiger partial charge >= 0.3 is 0 Å². The highest BCUT2D eigenvalue weighted by atomic mass is 32.1. The molecule has 172 valence electrons. The lowest BCUT2D eigenvalue weighted by Crippen LogP contribution is -2.43. The molecule has 4 nitrogen and oxygen atoms in total. The lowest BCUT2D eigenvalue weighted by Gasteiger charge is -2.28. The van der Waals surface area contributed by atoms with Gasteiger partial charge in [0.25, 0.3) is 5.91 Å². The van der Waals surface area contributed by atoms with Gasteiger partial charge in [-0.25, -0.2) is 4.39 Å². The zero-order valence-corrected chi connectivity index (χ0v) is 19.5. The molecule has 1 saturated carbocycles. The maximum Gasteiger partial charge on any atom is 0.255 e. The highest BCUT2D eigenvalue weighted by Crippen LogP contribution is 2.30. The summed E-state index contributed by atoms with van der Waals surface area (Å²) in [7, 11) is 0. The predicted octanol–water partition coefficient (Wildman–Crippen LogP) is 5.87. The van der Waals surface area contributed by atoms with E-state index in [0.29, 0.717) is 18.7 Å². The smallest absolute Gasteiger partial charge is 0.255 e. The van der Waals surface area contributed by atoms with E-state index in [9.17, 15) is 14.0 Å². The van der Waals surface area contributed by atoms with Crippen LogP contribution in [-0.4, -0.2) is 34.2 Å². The molecule has 1 aliphatic carbocycles. The maximum atomic E-state index is 13.6. The van der Waals surface area contributed by atoms with Crippen molar-refractivity contribution in [2.75, 3.05) is 6.54 Å². The average Bonchev–Trinajstić information content (AvgIpc) is 3.57. The fourth-order valence-corrected chi connectivity index (χ4v) is 4.92. The molecular weight excluding hydrogens is 447 g/mol. The number of fused-ring (bicyclic) bond motifs is 1. The molecule has 5 rings (SSSR count). The third-order valence-electron chi connectivity index (χ3n) is 6.14. The minimum Gasteiger partial charge on any atom is -0.332 e. The number of hydrogen-bond acceptors (Lipinski definition) is 3. The number of halogens is 1. The van der Waals surface area contributed by atoms with Crippen LogP contribution in [0.5, 0.6) is 0 Å². The molecule has 1 aromatic heterocycles. The number of rotatable bonds is 8. The summed E-state index contributed by atoms with van der Waals surface area (Å²) in [6.07, 6.45) is 1.82. The van der Waals surface area contributed by atoms with Crippen LogP contribution < -0.4 is 0 Å². The molecular formula is C28H25FN2O2S. The van der Waals surface area contributed by atoms with Crippen LogP contribution in [0.2, 0.25) is 0 Å². The number of hydrogen-bond donors (Lipinski definition) is 0. The summed E-state index contributed by atoms with van der Waals surface area (Å²) in [6, 6.07) is 23.8. The fraction of sp³-hybridized carbons (Fsp3) is 0.214. The average molecular weight is 473 g/mol. The first-order valence-electron chi connectivity index (χ1n) is 11.4. The van der Waals surface area contributed by atoms with Gasteiger partial charge in [-0.3, -0.25) is 9.59 Å². The van der Waals surface area contributed by atoms with E-state index in [4.69, 9.17) is 0 Å². The van der Waals surface area contributed by atoms with E-state index in [-0.39, 0.29) is 30.2 Å². The van der Waals surface area contributed by atoms with Crippen LogP contribution >= 0.6 is 11.3 Å². The van der Waals surface area contributed by atoms with E-state index in [1.807, 2.05) is 60.0 Å². The van der Waals surface area contributed by atoms with Gasteiger partial charge in [-0.15, -0.1) is 11.3 Å². The number of carbonyl (C=O) groups is 2. The Morgan fingerprint density at radius 1 is 0.882 bits per heavy atom. The van der Waals surface area contributed by atoms with Gasteiger partial charge in [0.2, 0.25) is 5.91 Å².